The third-order valence-corrected chi connectivity index (χ3v) is 4.34. The lowest BCUT2D eigenvalue weighted by Crippen LogP contribution is -2.30. The van der Waals surface area contributed by atoms with Crippen LogP contribution in [0.2, 0.25) is 0 Å². The molecule has 4 heteroatoms. The molecule has 2 N–H and O–H groups in total. The van der Waals surface area contributed by atoms with Gasteiger partial charge in [0.25, 0.3) is 0 Å². The molecule has 0 aliphatic carbocycles. The average molecular weight is 337 g/mol. The second-order valence-corrected chi connectivity index (χ2v) is 6.05. The molecular formula is C16H21BrN2O. The largest absolute Gasteiger partial charge is 0.469 e. The van der Waals surface area contributed by atoms with Crippen LogP contribution in [0.15, 0.2) is 39.4 Å². The number of nitrogens with two attached hydrogens (primary N) is 1. The van der Waals surface area contributed by atoms with Crippen molar-refractivity contribution >= 4 is 15.9 Å². The Labute approximate surface area is 128 Å². The Hall–Kier alpha value is -1.10. The maximum Gasteiger partial charge on any atom is 0.105 e. The topological polar surface area (TPSA) is 42.4 Å². The maximum atomic E-state index is 5.99. The highest BCUT2D eigenvalue weighted by Crippen LogP contribution is 2.28. The summed E-state index contributed by atoms with van der Waals surface area (Å²) >= 11 is 3.65. The predicted molar refractivity (Wildman–Crippen MR) is 85.6 cm³/mol. The van der Waals surface area contributed by atoms with Gasteiger partial charge in [-0.3, -0.25) is 4.90 Å². The van der Waals surface area contributed by atoms with Gasteiger partial charge in [0, 0.05) is 29.2 Å². The quantitative estimate of drug-likeness (QED) is 0.903. The molecule has 0 saturated heterocycles. The lowest BCUT2D eigenvalue weighted by molar-refractivity contribution is 0.239. The zero-order chi connectivity index (χ0) is 14.7. The predicted octanol–water partition coefficient (Wildman–Crippen LogP) is 3.79. The zero-order valence-corrected chi connectivity index (χ0v) is 13.8. The Morgan fingerprint density at radius 3 is 2.60 bits per heavy atom. The minimum atomic E-state index is 0.180. The lowest BCUT2D eigenvalue weighted by atomic mass is 10.0. The van der Waals surface area contributed by atoms with Crippen molar-refractivity contribution in [3.63, 3.8) is 0 Å². The van der Waals surface area contributed by atoms with Gasteiger partial charge in [-0.15, -0.1) is 0 Å². The van der Waals surface area contributed by atoms with Gasteiger partial charge < -0.3 is 10.2 Å². The van der Waals surface area contributed by atoms with Crippen LogP contribution in [0.3, 0.4) is 0 Å². The molecule has 108 valence electrons. The van der Waals surface area contributed by atoms with Gasteiger partial charge in [0.05, 0.1) is 6.26 Å². The molecule has 0 aliphatic heterocycles. The van der Waals surface area contributed by atoms with E-state index in [9.17, 15) is 0 Å². The van der Waals surface area contributed by atoms with Crippen LogP contribution in [0.4, 0.5) is 0 Å². The highest BCUT2D eigenvalue weighted by Gasteiger charge is 2.19. The van der Waals surface area contributed by atoms with E-state index >= 15 is 0 Å². The van der Waals surface area contributed by atoms with Gasteiger partial charge in [0.15, 0.2) is 0 Å². The monoisotopic (exact) mass is 336 g/mol. The molecule has 0 fully saturated rings. The van der Waals surface area contributed by atoms with Gasteiger partial charge in [0.1, 0.15) is 5.76 Å². The average Bonchev–Trinajstić information content (AvgIpc) is 2.78. The van der Waals surface area contributed by atoms with E-state index in [1.165, 1.54) is 16.7 Å². The highest BCUT2D eigenvalue weighted by atomic mass is 79.9. The fraction of sp³-hybridized carbons (Fsp3) is 0.375. The summed E-state index contributed by atoms with van der Waals surface area (Å²) in [4.78, 5) is 2.26. The molecule has 2 aromatic rings. The van der Waals surface area contributed by atoms with Crippen molar-refractivity contribution in [2.75, 3.05) is 13.6 Å². The molecule has 2 rings (SSSR count). The summed E-state index contributed by atoms with van der Waals surface area (Å²) < 4.78 is 6.47. The van der Waals surface area contributed by atoms with Crippen LogP contribution < -0.4 is 5.73 Å². The van der Waals surface area contributed by atoms with Crippen LogP contribution in [0.1, 0.15) is 28.5 Å². The van der Waals surface area contributed by atoms with Crippen molar-refractivity contribution in [1.29, 1.82) is 0 Å². The number of hydrogen-bond acceptors (Lipinski definition) is 3. The second-order valence-electron chi connectivity index (χ2n) is 5.19. The van der Waals surface area contributed by atoms with Crippen molar-refractivity contribution in [3.05, 3.63) is 57.5 Å². The molecule has 0 spiro atoms. The molecule has 1 unspecified atom stereocenters. The molecule has 3 nitrogen and oxygen atoms in total. The van der Waals surface area contributed by atoms with Crippen LogP contribution >= 0.6 is 15.9 Å². The van der Waals surface area contributed by atoms with Crippen LogP contribution in [-0.2, 0) is 6.54 Å². The molecule has 1 heterocycles. The molecule has 0 bridgehead atoms. The van der Waals surface area contributed by atoms with Crippen LogP contribution in [0, 0.1) is 13.8 Å². The molecule has 0 amide bonds. The molecule has 1 atom stereocenters. The lowest BCUT2D eigenvalue weighted by Gasteiger charge is -2.28. The number of furan rings is 1. The first kappa shape index (κ1) is 15.3. The minimum absolute atomic E-state index is 0.180. The SMILES string of the molecule is Cc1ccc(C(CN)N(C)Cc2ccoc2C)c(Br)c1. The Kier molecular flexibility index (Phi) is 5.02. The minimum Gasteiger partial charge on any atom is -0.469 e. The van der Waals surface area contributed by atoms with E-state index in [-0.39, 0.29) is 6.04 Å². The third-order valence-electron chi connectivity index (χ3n) is 3.66. The molecule has 0 saturated carbocycles. The number of likely N-dealkylation sites (N-methyl/N-ethyl adjacent to an activating group) is 1. The first-order chi connectivity index (χ1) is 9.52. The van der Waals surface area contributed by atoms with Crippen LogP contribution in [0.25, 0.3) is 0 Å². The Morgan fingerprint density at radius 1 is 1.30 bits per heavy atom. The zero-order valence-electron chi connectivity index (χ0n) is 12.2. The van der Waals surface area contributed by atoms with Crippen LogP contribution in [0.5, 0.6) is 0 Å². The van der Waals surface area contributed by atoms with Gasteiger partial charge in [-0.05, 0) is 44.2 Å². The molecular weight excluding hydrogens is 316 g/mol. The van der Waals surface area contributed by atoms with Crippen molar-refractivity contribution in [2.45, 2.75) is 26.4 Å². The van der Waals surface area contributed by atoms with Gasteiger partial charge >= 0.3 is 0 Å². The Balaban J connectivity index is 2.21. The van der Waals surface area contributed by atoms with Crippen molar-refractivity contribution in [2.24, 2.45) is 5.73 Å². The van der Waals surface area contributed by atoms with E-state index in [2.05, 4.69) is 53.0 Å². The fourth-order valence-electron chi connectivity index (χ4n) is 2.40. The van der Waals surface area contributed by atoms with Crippen LogP contribution in [-0.4, -0.2) is 18.5 Å². The number of hydrogen-bond donors (Lipinski definition) is 1. The van der Waals surface area contributed by atoms with E-state index in [4.69, 9.17) is 10.2 Å². The second kappa shape index (κ2) is 6.57. The summed E-state index contributed by atoms with van der Waals surface area (Å²) in [5, 5.41) is 0. The fourth-order valence-corrected chi connectivity index (χ4v) is 3.16. The Morgan fingerprint density at radius 2 is 2.05 bits per heavy atom. The van der Waals surface area contributed by atoms with Gasteiger partial charge in [0.2, 0.25) is 0 Å². The molecule has 20 heavy (non-hydrogen) atoms. The normalized spacial score (nSPS) is 12.9. The molecule has 0 radical (unpaired) electrons. The first-order valence-electron chi connectivity index (χ1n) is 6.72. The smallest absolute Gasteiger partial charge is 0.105 e. The summed E-state index contributed by atoms with van der Waals surface area (Å²) in [6.45, 7) is 5.48. The van der Waals surface area contributed by atoms with Crippen molar-refractivity contribution in [3.8, 4) is 0 Å². The summed E-state index contributed by atoms with van der Waals surface area (Å²) in [6.07, 6.45) is 1.73. The van der Waals surface area contributed by atoms with Gasteiger partial charge in [-0.25, -0.2) is 0 Å². The number of aryl methyl sites for hydroxylation is 2. The van der Waals surface area contributed by atoms with Gasteiger partial charge in [-0.1, -0.05) is 28.1 Å². The first-order valence-corrected chi connectivity index (χ1v) is 7.51. The number of halogens is 1. The summed E-state index contributed by atoms with van der Waals surface area (Å²) in [7, 11) is 2.09. The molecule has 1 aromatic heterocycles. The summed E-state index contributed by atoms with van der Waals surface area (Å²) in [5.74, 6) is 0.968. The van der Waals surface area contributed by atoms with E-state index in [1.807, 2.05) is 13.0 Å². The summed E-state index contributed by atoms with van der Waals surface area (Å²) in [6, 6.07) is 8.60. The van der Waals surface area contributed by atoms with Crippen molar-refractivity contribution in [1.82, 2.24) is 4.90 Å². The van der Waals surface area contributed by atoms with E-state index in [0.717, 1.165) is 16.8 Å². The highest BCUT2D eigenvalue weighted by molar-refractivity contribution is 9.10. The third kappa shape index (κ3) is 3.32. The van der Waals surface area contributed by atoms with E-state index in [0.29, 0.717) is 6.54 Å². The maximum absolute atomic E-state index is 5.99. The van der Waals surface area contributed by atoms with Gasteiger partial charge in [-0.2, -0.15) is 0 Å². The number of benzene rings is 1. The number of rotatable bonds is 5. The standard InChI is InChI=1S/C16H21BrN2O/c1-11-4-5-14(15(17)8-11)16(9-18)19(3)10-13-6-7-20-12(13)2/h4-8,16H,9-10,18H2,1-3H3. The number of nitrogens with zero attached hydrogens (tertiary/aromatic N) is 1. The summed E-state index contributed by atoms with van der Waals surface area (Å²) in [5.41, 5.74) is 9.66. The van der Waals surface area contributed by atoms with Crippen molar-refractivity contribution < 1.29 is 4.42 Å². The van der Waals surface area contributed by atoms with E-state index < -0.39 is 0 Å². The Bertz CT molecular complexity index is 580. The van der Waals surface area contributed by atoms with E-state index in [1.54, 1.807) is 6.26 Å². The molecule has 0 aliphatic rings. The molecule has 1 aromatic carbocycles.